The Labute approximate surface area is 133 Å². The van der Waals surface area contributed by atoms with Crippen LogP contribution in [0.3, 0.4) is 0 Å². The summed E-state index contributed by atoms with van der Waals surface area (Å²) in [6, 6.07) is -0.730. The van der Waals surface area contributed by atoms with Gasteiger partial charge in [-0.05, 0) is 12.3 Å². The van der Waals surface area contributed by atoms with Gasteiger partial charge in [-0.1, -0.05) is 20.8 Å². The maximum Gasteiger partial charge on any atom is 0.416 e. The molecule has 0 fully saturated rings. The average molecular weight is 336 g/mol. The Morgan fingerprint density at radius 1 is 1.48 bits per heavy atom. The number of halogens is 3. The van der Waals surface area contributed by atoms with Gasteiger partial charge in [0.25, 0.3) is 0 Å². The van der Waals surface area contributed by atoms with Gasteiger partial charge < -0.3 is 15.3 Å². The molecule has 0 aromatic carbocycles. The number of aliphatic hydroxyl groups is 1. The number of likely N-dealkylation sites (N-methyl/N-ethyl adjacent to an activating group) is 1. The second-order valence-corrected chi connectivity index (χ2v) is 5.80. The lowest BCUT2D eigenvalue weighted by molar-refractivity contribution is -0.205. The third-order valence-corrected chi connectivity index (χ3v) is 3.23. The summed E-state index contributed by atoms with van der Waals surface area (Å²) in [7, 11) is 1.19. The van der Waals surface area contributed by atoms with E-state index in [4.69, 9.17) is 5.11 Å². The Hall–Kier alpha value is -1.77. The quantitative estimate of drug-likeness (QED) is 0.838. The Morgan fingerprint density at radius 2 is 2.09 bits per heavy atom. The summed E-state index contributed by atoms with van der Waals surface area (Å²) >= 11 is 0. The zero-order chi connectivity index (χ0) is 17.8. The molecule has 2 N–H and O–H groups in total. The van der Waals surface area contributed by atoms with Crippen LogP contribution in [0.5, 0.6) is 0 Å². The largest absolute Gasteiger partial charge is 0.416 e. The van der Waals surface area contributed by atoms with Crippen LogP contribution in [0.15, 0.2) is 6.20 Å². The third kappa shape index (κ3) is 5.42. The molecule has 9 heteroatoms. The van der Waals surface area contributed by atoms with Gasteiger partial charge in [-0.2, -0.15) is 18.3 Å². The molecule has 23 heavy (non-hydrogen) atoms. The van der Waals surface area contributed by atoms with E-state index in [0.29, 0.717) is 24.6 Å². The zero-order valence-corrected chi connectivity index (χ0v) is 13.7. The normalized spacial score (nSPS) is 13.3. The molecule has 0 aliphatic carbocycles. The first-order chi connectivity index (χ1) is 10.6. The van der Waals surface area contributed by atoms with Gasteiger partial charge in [0.05, 0.1) is 24.1 Å². The fourth-order valence-electron chi connectivity index (χ4n) is 2.05. The van der Waals surface area contributed by atoms with E-state index in [1.54, 1.807) is 4.68 Å². The van der Waals surface area contributed by atoms with Gasteiger partial charge >= 0.3 is 12.2 Å². The molecule has 1 heterocycles. The van der Waals surface area contributed by atoms with E-state index >= 15 is 0 Å². The van der Waals surface area contributed by atoms with Gasteiger partial charge in [0.2, 0.25) is 0 Å². The molecule has 1 rings (SSSR count). The first-order valence-corrected chi connectivity index (χ1v) is 7.37. The monoisotopic (exact) mass is 336 g/mol. The Kier molecular flexibility index (Phi) is 6.43. The van der Waals surface area contributed by atoms with Crippen molar-refractivity contribution in [1.29, 1.82) is 0 Å². The number of rotatable bonds is 6. The molecular weight excluding hydrogens is 313 g/mol. The van der Waals surface area contributed by atoms with Gasteiger partial charge in [-0.3, -0.25) is 4.68 Å². The average Bonchev–Trinajstić information content (AvgIpc) is 2.78. The number of nitrogens with zero attached hydrogens (tertiary/aromatic N) is 3. The van der Waals surface area contributed by atoms with Crippen molar-refractivity contribution < 1.29 is 23.1 Å². The Balaban J connectivity index is 2.75. The van der Waals surface area contributed by atoms with Crippen LogP contribution < -0.4 is 5.32 Å². The molecule has 0 spiro atoms. The van der Waals surface area contributed by atoms with E-state index in [9.17, 15) is 18.0 Å². The Bertz CT molecular complexity index is 529. The van der Waals surface area contributed by atoms with Crippen molar-refractivity contribution in [3.05, 3.63) is 11.9 Å². The smallest absolute Gasteiger partial charge is 0.382 e. The van der Waals surface area contributed by atoms with E-state index < -0.39 is 24.9 Å². The molecule has 0 saturated heterocycles. The van der Waals surface area contributed by atoms with E-state index in [2.05, 4.69) is 10.4 Å². The van der Waals surface area contributed by atoms with Gasteiger partial charge in [0.15, 0.2) is 6.10 Å². The molecule has 0 radical (unpaired) electrons. The van der Waals surface area contributed by atoms with E-state index in [1.165, 1.54) is 13.2 Å². The summed E-state index contributed by atoms with van der Waals surface area (Å²) in [5, 5.41) is 15.7. The number of amides is 2. The van der Waals surface area contributed by atoms with Crippen LogP contribution in [0, 0.1) is 5.92 Å². The second-order valence-electron chi connectivity index (χ2n) is 5.80. The number of urea groups is 1. The SMILES string of the molecule is CCc1c(NC(=O)N(C)CC(O)C(F)(F)F)cnn1CC(C)C. The number of aliphatic hydroxyl groups excluding tert-OH is 1. The first kappa shape index (κ1) is 19.3. The van der Waals surface area contributed by atoms with Gasteiger partial charge in [-0.15, -0.1) is 0 Å². The van der Waals surface area contributed by atoms with Crippen LogP contribution in [-0.2, 0) is 13.0 Å². The lowest BCUT2D eigenvalue weighted by Crippen LogP contribution is -2.43. The number of carbonyl (C=O) groups excluding carboxylic acids is 1. The lowest BCUT2D eigenvalue weighted by Gasteiger charge is -2.22. The van der Waals surface area contributed by atoms with Crippen LogP contribution in [0.25, 0.3) is 0 Å². The van der Waals surface area contributed by atoms with Crippen molar-refractivity contribution in [2.24, 2.45) is 5.92 Å². The number of hydrogen-bond acceptors (Lipinski definition) is 3. The molecule has 0 bridgehead atoms. The summed E-state index contributed by atoms with van der Waals surface area (Å²) in [4.78, 5) is 12.8. The van der Waals surface area contributed by atoms with E-state index in [-0.39, 0.29) is 0 Å². The molecular formula is C14H23F3N4O2. The highest BCUT2D eigenvalue weighted by atomic mass is 19.4. The molecule has 132 valence electrons. The molecule has 1 aromatic rings. The van der Waals surface area contributed by atoms with Crippen LogP contribution in [0.2, 0.25) is 0 Å². The summed E-state index contributed by atoms with van der Waals surface area (Å²) < 4.78 is 38.7. The molecule has 2 amide bonds. The molecule has 1 unspecified atom stereocenters. The maximum absolute atomic E-state index is 12.3. The van der Waals surface area contributed by atoms with Gasteiger partial charge in [-0.25, -0.2) is 4.79 Å². The van der Waals surface area contributed by atoms with Crippen molar-refractivity contribution >= 4 is 11.7 Å². The van der Waals surface area contributed by atoms with Crippen LogP contribution in [-0.4, -0.2) is 51.7 Å². The zero-order valence-electron chi connectivity index (χ0n) is 13.7. The number of nitrogens with one attached hydrogen (secondary N) is 1. The molecule has 1 aromatic heterocycles. The predicted octanol–water partition coefficient (Wildman–Crippen LogP) is 2.49. The summed E-state index contributed by atoms with van der Waals surface area (Å²) in [6.07, 6.45) is -5.23. The fraction of sp³-hybridized carbons (Fsp3) is 0.714. The van der Waals surface area contributed by atoms with Crippen LogP contribution in [0.4, 0.5) is 23.7 Å². The first-order valence-electron chi connectivity index (χ1n) is 7.37. The Morgan fingerprint density at radius 3 is 2.57 bits per heavy atom. The molecule has 6 nitrogen and oxygen atoms in total. The summed E-state index contributed by atoms with van der Waals surface area (Å²) in [5.74, 6) is 0.369. The molecule has 0 aliphatic rings. The highest BCUT2D eigenvalue weighted by Gasteiger charge is 2.39. The van der Waals surface area contributed by atoms with Gasteiger partial charge in [0.1, 0.15) is 0 Å². The highest BCUT2D eigenvalue weighted by Crippen LogP contribution is 2.21. The molecule has 1 atom stereocenters. The minimum atomic E-state index is -4.76. The van der Waals surface area contributed by atoms with Crippen molar-refractivity contribution in [2.75, 3.05) is 18.9 Å². The standard InChI is InChI=1S/C14H23F3N4O2/c1-5-11-10(6-18-21(11)7-9(2)3)19-13(23)20(4)8-12(22)14(15,16)17/h6,9,12,22H,5,7-8H2,1-4H3,(H,19,23). The summed E-state index contributed by atoms with van der Waals surface area (Å²) in [5.41, 5.74) is 1.27. The predicted molar refractivity (Wildman–Crippen MR) is 80.2 cm³/mol. The summed E-state index contributed by atoms with van der Waals surface area (Å²) in [6.45, 7) is 5.82. The molecule has 0 aliphatic heterocycles. The van der Waals surface area contributed by atoms with Crippen LogP contribution in [0.1, 0.15) is 26.5 Å². The van der Waals surface area contributed by atoms with Gasteiger partial charge in [0, 0.05) is 13.6 Å². The third-order valence-electron chi connectivity index (χ3n) is 3.23. The minimum absolute atomic E-state index is 0.369. The number of alkyl halides is 3. The maximum atomic E-state index is 12.3. The van der Waals surface area contributed by atoms with Crippen LogP contribution >= 0.6 is 0 Å². The highest BCUT2D eigenvalue weighted by molar-refractivity contribution is 5.89. The minimum Gasteiger partial charge on any atom is -0.382 e. The number of carbonyl (C=O) groups is 1. The van der Waals surface area contributed by atoms with Crippen molar-refractivity contribution in [2.45, 2.75) is 46.0 Å². The topological polar surface area (TPSA) is 70.4 Å². The fourth-order valence-corrected chi connectivity index (χ4v) is 2.05. The van der Waals surface area contributed by atoms with Crippen molar-refractivity contribution in [1.82, 2.24) is 14.7 Å². The second kappa shape index (κ2) is 7.67. The van der Waals surface area contributed by atoms with E-state index in [1.807, 2.05) is 20.8 Å². The number of anilines is 1. The van der Waals surface area contributed by atoms with E-state index in [0.717, 1.165) is 10.6 Å². The lowest BCUT2D eigenvalue weighted by atomic mass is 10.2. The van der Waals surface area contributed by atoms with Crippen molar-refractivity contribution in [3.8, 4) is 0 Å². The molecule has 0 saturated carbocycles. The van der Waals surface area contributed by atoms with Crippen molar-refractivity contribution in [3.63, 3.8) is 0 Å². The number of hydrogen-bond donors (Lipinski definition) is 2. The number of aromatic nitrogens is 2.